The predicted molar refractivity (Wildman–Crippen MR) is 95.1 cm³/mol. The standard InChI is InChI=1S/C19H33N3O2/c1-18(2)13-19(23-14-18)7-5-15(6-8-19)17-16(12-24-21-17)11-22(4)10-9-20-3/h12,15,20H,5-11,13-14H2,1-4H3. The van der Waals surface area contributed by atoms with Gasteiger partial charge in [0.2, 0.25) is 0 Å². The summed E-state index contributed by atoms with van der Waals surface area (Å²) in [6.45, 7) is 8.48. The highest BCUT2D eigenvalue weighted by Gasteiger charge is 2.46. The molecule has 0 radical (unpaired) electrons. The molecule has 1 saturated carbocycles. The molecule has 0 aromatic carbocycles. The first-order valence-corrected chi connectivity index (χ1v) is 9.33. The molecule has 0 bridgehead atoms. The third kappa shape index (κ3) is 4.01. The summed E-state index contributed by atoms with van der Waals surface area (Å²) in [4.78, 5) is 2.32. The molecule has 5 nitrogen and oxygen atoms in total. The van der Waals surface area contributed by atoms with E-state index in [-0.39, 0.29) is 5.60 Å². The Morgan fingerprint density at radius 1 is 1.33 bits per heavy atom. The van der Waals surface area contributed by atoms with E-state index < -0.39 is 0 Å². The van der Waals surface area contributed by atoms with Gasteiger partial charge in [0, 0.05) is 31.1 Å². The van der Waals surface area contributed by atoms with Crippen molar-refractivity contribution in [2.24, 2.45) is 5.41 Å². The smallest absolute Gasteiger partial charge is 0.128 e. The lowest BCUT2D eigenvalue weighted by molar-refractivity contribution is -0.0297. The Bertz CT molecular complexity index is 532. The monoisotopic (exact) mass is 335 g/mol. The van der Waals surface area contributed by atoms with Gasteiger partial charge < -0.3 is 19.5 Å². The van der Waals surface area contributed by atoms with E-state index >= 15 is 0 Å². The second-order valence-electron chi connectivity index (χ2n) is 8.65. The first-order chi connectivity index (χ1) is 11.4. The van der Waals surface area contributed by atoms with Crippen LogP contribution < -0.4 is 5.32 Å². The van der Waals surface area contributed by atoms with E-state index in [0.29, 0.717) is 11.3 Å². The number of likely N-dealkylation sites (N-methyl/N-ethyl adjacent to an activating group) is 2. The molecule has 0 amide bonds. The number of ether oxygens (including phenoxy) is 1. The topological polar surface area (TPSA) is 50.5 Å². The van der Waals surface area contributed by atoms with Crippen LogP contribution in [0.3, 0.4) is 0 Å². The van der Waals surface area contributed by atoms with Crippen molar-refractivity contribution in [3.8, 4) is 0 Å². The molecule has 0 atom stereocenters. The number of rotatable bonds is 6. The van der Waals surface area contributed by atoms with Crippen molar-refractivity contribution >= 4 is 0 Å². The van der Waals surface area contributed by atoms with Crippen LogP contribution in [0.25, 0.3) is 0 Å². The number of aromatic nitrogens is 1. The zero-order valence-electron chi connectivity index (χ0n) is 15.7. The highest BCUT2D eigenvalue weighted by molar-refractivity contribution is 5.20. The van der Waals surface area contributed by atoms with Gasteiger partial charge in [-0.05, 0) is 51.6 Å². The number of nitrogens with zero attached hydrogens (tertiary/aromatic N) is 2. The maximum absolute atomic E-state index is 6.24. The van der Waals surface area contributed by atoms with Crippen LogP contribution in [0.5, 0.6) is 0 Å². The summed E-state index contributed by atoms with van der Waals surface area (Å²) in [6.07, 6.45) is 7.67. The van der Waals surface area contributed by atoms with E-state index in [1.807, 2.05) is 13.3 Å². The molecule has 136 valence electrons. The number of hydrogen-bond acceptors (Lipinski definition) is 5. The average Bonchev–Trinajstić information content (AvgIpc) is 3.11. The van der Waals surface area contributed by atoms with Gasteiger partial charge in [0.1, 0.15) is 6.26 Å². The van der Waals surface area contributed by atoms with Crippen LogP contribution in [0.2, 0.25) is 0 Å². The molecule has 3 rings (SSSR count). The molecule has 1 saturated heterocycles. The lowest BCUT2D eigenvalue weighted by atomic mass is 9.72. The molecular weight excluding hydrogens is 302 g/mol. The lowest BCUT2D eigenvalue weighted by Crippen LogP contribution is -2.34. The summed E-state index contributed by atoms with van der Waals surface area (Å²) >= 11 is 0. The van der Waals surface area contributed by atoms with Gasteiger partial charge >= 0.3 is 0 Å². The number of hydrogen-bond donors (Lipinski definition) is 1. The summed E-state index contributed by atoms with van der Waals surface area (Å²) in [7, 11) is 4.14. The fourth-order valence-electron chi connectivity index (χ4n) is 4.45. The van der Waals surface area contributed by atoms with Crippen LogP contribution in [0, 0.1) is 5.41 Å². The summed E-state index contributed by atoms with van der Waals surface area (Å²) in [5.41, 5.74) is 2.90. The van der Waals surface area contributed by atoms with E-state index in [2.05, 4.69) is 36.3 Å². The van der Waals surface area contributed by atoms with E-state index in [0.717, 1.165) is 51.9 Å². The molecule has 1 aliphatic heterocycles. The first-order valence-electron chi connectivity index (χ1n) is 9.33. The van der Waals surface area contributed by atoms with Gasteiger partial charge in [-0.1, -0.05) is 19.0 Å². The molecule has 2 aliphatic rings. The molecule has 1 aromatic rings. The van der Waals surface area contributed by atoms with E-state index in [1.165, 1.54) is 17.7 Å². The van der Waals surface area contributed by atoms with Crippen LogP contribution in [-0.4, -0.2) is 49.4 Å². The summed E-state index contributed by atoms with van der Waals surface area (Å²) < 4.78 is 11.6. The van der Waals surface area contributed by atoms with Crippen molar-refractivity contribution in [3.05, 3.63) is 17.5 Å². The fourth-order valence-corrected chi connectivity index (χ4v) is 4.45. The van der Waals surface area contributed by atoms with Crippen LogP contribution in [-0.2, 0) is 11.3 Å². The van der Waals surface area contributed by atoms with Crippen LogP contribution in [0.1, 0.15) is 63.1 Å². The van der Waals surface area contributed by atoms with E-state index in [4.69, 9.17) is 9.26 Å². The van der Waals surface area contributed by atoms with Crippen molar-refractivity contribution in [2.45, 2.75) is 64.0 Å². The number of nitrogens with one attached hydrogen (secondary N) is 1. The summed E-state index contributed by atoms with van der Waals surface area (Å²) in [5.74, 6) is 0.523. The third-order valence-corrected chi connectivity index (χ3v) is 5.71. The summed E-state index contributed by atoms with van der Waals surface area (Å²) in [6, 6.07) is 0. The molecule has 1 N–H and O–H groups in total. The van der Waals surface area contributed by atoms with Gasteiger partial charge in [-0.15, -0.1) is 0 Å². The largest absolute Gasteiger partial charge is 0.374 e. The normalized spacial score (nSPS) is 29.6. The average molecular weight is 335 g/mol. The molecule has 1 aliphatic carbocycles. The maximum atomic E-state index is 6.24. The van der Waals surface area contributed by atoms with Crippen molar-refractivity contribution in [3.63, 3.8) is 0 Å². The lowest BCUT2D eigenvalue weighted by Gasteiger charge is -2.36. The Hall–Kier alpha value is -0.910. The molecule has 2 fully saturated rings. The van der Waals surface area contributed by atoms with Gasteiger partial charge in [-0.2, -0.15) is 0 Å². The van der Waals surface area contributed by atoms with Crippen molar-refractivity contribution in [1.82, 2.24) is 15.4 Å². The van der Waals surface area contributed by atoms with Gasteiger partial charge in [0.05, 0.1) is 17.9 Å². The quantitative estimate of drug-likeness (QED) is 0.865. The summed E-state index contributed by atoms with van der Waals surface area (Å²) in [5, 5.41) is 7.55. The molecule has 24 heavy (non-hydrogen) atoms. The van der Waals surface area contributed by atoms with Gasteiger partial charge in [-0.3, -0.25) is 0 Å². The molecule has 2 heterocycles. The first kappa shape index (κ1) is 17.9. The van der Waals surface area contributed by atoms with Gasteiger partial charge in [-0.25, -0.2) is 0 Å². The fraction of sp³-hybridized carbons (Fsp3) is 0.842. The van der Waals surface area contributed by atoms with Crippen molar-refractivity contribution < 1.29 is 9.26 Å². The Morgan fingerprint density at radius 3 is 2.71 bits per heavy atom. The van der Waals surface area contributed by atoms with E-state index in [1.54, 1.807) is 0 Å². The highest BCUT2D eigenvalue weighted by Crippen LogP contribution is 2.49. The second kappa shape index (κ2) is 7.14. The molecule has 1 aromatic heterocycles. The zero-order chi connectivity index (χ0) is 17.2. The molecule has 0 unspecified atom stereocenters. The minimum Gasteiger partial charge on any atom is -0.374 e. The van der Waals surface area contributed by atoms with Crippen LogP contribution >= 0.6 is 0 Å². The van der Waals surface area contributed by atoms with Gasteiger partial charge in [0.25, 0.3) is 0 Å². The molecule has 5 heteroatoms. The Labute approximate surface area is 146 Å². The third-order valence-electron chi connectivity index (χ3n) is 5.71. The Kier molecular flexibility index (Phi) is 5.33. The Balaban J connectivity index is 1.58. The van der Waals surface area contributed by atoms with Crippen molar-refractivity contribution in [1.29, 1.82) is 0 Å². The van der Waals surface area contributed by atoms with Crippen LogP contribution in [0.15, 0.2) is 10.8 Å². The second-order valence-corrected chi connectivity index (χ2v) is 8.65. The zero-order valence-corrected chi connectivity index (χ0v) is 15.7. The maximum Gasteiger partial charge on any atom is 0.128 e. The van der Waals surface area contributed by atoms with Crippen LogP contribution in [0.4, 0.5) is 0 Å². The van der Waals surface area contributed by atoms with E-state index in [9.17, 15) is 0 Å². The Morgan fingerprint density at radius 2 is 2.08 bits per heavy atom. The predicted octanol–water partition coefficient (Wildman–Crippen LogP) is 3.17. The molecular formula is C19H33N3O2. The highest BCUT2D eigenvalue weighted by atomic mass is 16.5. The van der Waals surface area contributed by atoms with Crippen molar-refractivity contribution in [2.75, 3.05) is 33.8 Å². The minimum absolute atomic E-state index is 0.132. The minimum atomic E-state index is 0.132. The van der Waals surface area contributed by atoms with Gasteiger partial charge in [0.15, 0.2) is 0 Å². The SMILES string of the molecule is CNCCN(C)Cc1conc1C1CCC2(CC1)CC(C)(C)CO2. The molecule has 1 spiro atoms.